The molecule has 93 heavy (non-hydrogen) atoms. The van der Waals surface area contributed by atoms with Crippen LogP contribution in [-0.2, 0) is 31.0 Å². The first-order valence-electron chi connectivity index (χ1n) is 33.3. The molecule has 0 unspecified atom stereocenters. The summed E-state index contributed by atoms with van der Waals surface area (Å²) in [5.41, 5.74) is 26.1. The highest BCUT2D eigenvalue weighted by Crippen LogP contribution is 2.57. The molecule has 4 nitrogen and oxygen atoms in total. The first-order valence-corrected chi connectivity index (χ1v) is 33.3. The molecular formula is C88H86BNO3. The van der Waals surface area contributed by atoms with E-state index >= 15 is 0 Å². The number of benzene rings is 11. The second kappa shape index (κ2) is 22.4. The number of rotatable bonds is 9. The van der Waals surface area contributed by atoms with Crippen LogP contribution in [0.5, 0.6) is 0 Å². The number of hydrogen-bond acceptors (Lipinski definition) is 3. The maximum absolute atomic E-state index is 6.75. The molecule has 0 atom stereocenters. The fraction of sp³-hybridized carbons (Fsp3) is 0.250. The van der Waals surface area contributed by atoms with Gasteiger partial charge in [0.25, 0.3) is 0 Å². The molecule has 1 aliphatic rings. The van der Waals surface area contributed by atoms with Crippen molar-refractivity contribution in [1.29, 1.82) is 0 Å². The Kier molecular flexibility index (Phi) is 14.8. The third-order valence-corrected chi connectivity index (χ3v) is 20.2. The topological polar surface area (TPSA) is 36.5 Å². The first-order chi connectivity index (χ1) is 44.1. The minimum atomic E-state index is -0.522. The molecule has 1 fully saturated rings. The van der Waals surface area contributed by atoms with Crippen molar-refractivity contribution in [3.05, 3.63) is 253 Å². The van der Waals surface area contributed by atoms with Crippen LogP contribution in [0.25, 0.3) is 127 Å². The normalized spacial score (nSPS) is 14.5. The molecule has 464 valence electrons. The summed E-state index contributed by atoms with van der Waals surface area (Å²) in [5, 5.41) is 4.63. The fourth-order valence-electron chi connectivity index (χ4n) is 14.0. The summed E-state index contributed by atoms with van der Waals surface area (Å²) in [4.78, 5) is 0. The highest BCUT2D eigenvalue weighted by Gasteiger charge is 2.51. The summed E-state index contributed by atoms with van der Waals surface area (Å²) in [6.07, 6.45) is 0. The van der Waals surface area contributed by atoms with Crippen molar-refractivity contribution < 1.29 is 13.7 Å². The van der Waals surface area contributed by atoms with Crippen LogP contribution in [0.2, 0.25) is 0 Å². The molecule has 0 N–H and O–H groups in total. The smallest absolute Gasteiger partial charge is 0.455 e. The summed E-state index contributed by atoms with van der Waals surface area (Å²) in [7, 11) is -0.522. The average molecular weight is 1220 g/mol. The lowest BCUT2D eigenvalue weighted by atomic mass is 9.72. The predicted molar refractivity (Wildman–Crippen MR) is 397 cm³/mol. The maximum Gasteiger partial charge on any atom is 0.494 e. The van der Waals surface area contributed by atoms with Gasteiger partial charge in [0.15, 0.2) is 0 Å². The molecular weight excluding hydrogens is 1130 g/mol. The second-order valence-electron chi connectivity index (χ2n) is 31.2. The quantitative estimate of drug-likeness (QED) is 0.135. The molecule has 0 radical (unpaired) electrons. The summed E-state index contributed by atoms with van der Waals surface area (Å²) < 4.78 is 22.6. The number of fused-ring (bicyclic) bond motifs is 6. The van der Waals surface area contributed by atoms with Gasteiger partial charge >= 0.3 is 7.12 Å². The van der Waals surface area contributed by atoms with Gasteiger partial charge in [0, 0.05) is 32.8 Å². The minimum Gasteiger partial charge on any atom is -0.455 e. The molecule has 0 spiro atoms. The molecule has 0 amide bonds. The highest BCUT2D eigenvalue weighted by molar-refractivity contribution is 6.62. The standard InChI is InChI=1S/C88H86BNO3/c1-83(2,3)62-41-28-55(29-42-62)76-77(56-30-43-63(44-31-56)84(4,5)6)79(58-34-47-65(48-35-58)86(10,11)12)81(80(78(76)57-32-45-64(46-33-57)85(7,8)9)59-36-49-66(50-37-59)89-92-87(13,14)88(15,16)93-89)60-38-51-67(52-39-60)90-73-26-19-17-22-69(73)72-54-61(40-53-74(72)90)68-24-21-25-71-70-23-18-20-27-75(70)91-82(68)71/h17-54H,1-16H3. The summed E-state index contributed by atoms with van der Waals surface area (Å²) in [6.45, 7) is 36.2. The lowest BCUT2D eigenvalue weighted by molar-refractivity contribution is 0.00578. The molecule has 11 aromatic carbocycles. The van der Waals surface area contributed by atoms with Gasteiger partial charge in [-0.05, 0) is 186 Å². The number of nitrogens with zero attached hydrogens (tertiary/aromatic N) is 1. The van der Waals surface area contributed by atoms with Crippen molar-refractivity contribution in [2.24, 2.45) is 0 Å². The average Bonchev–Trinajstić information content (AvgIpc) is 1.57. The first kappa shape index (κ1) is 61.5. The van der Waals surface area contributed by atoms with Crippen LogP contribution in [0.1, 0.15) is 133 Å². The van der Waals surface area contributed by atoms with Crippen molar-refractivity contribution in [2.45, 2.75) is 144 Å². The van der Waals surface area contributed by atoms with E-state index in [1.54, 1.807) is 0 Å². The number of aromatic nitrogens is 1. The van der Waals surface area contributed by atoms with Crippen molar-refractivity contribution in [1.82, 2.24) is 4.57 Å². The molecule has 0 bridgehead atoms. The van der Waals surface area contributed by atoms with Crippen LogP contribution in [0.3, 0.4) is 0 Å². The van der Waals surface area contributed by atoms with Gasteiger partial charge in [-0.2, -0.15) is 0 Å². The predicted octanol–water partition coefficient (Wildman–Crippen LogP) is 23.8. The Morgan fingerprint density at radius 2 is 0.656 bits per heavy atom. The van der Waals surface area contributed by atoms with Gasteiger partial charge in [-0.3, -0.25) is 0 Å². The van der Waals surface area contributed by atoms with E-state index in [4.69, 9.17) is 13.7 Å². The van der Waals surface area contributed by atoms with Gasteiger partial charge in [-0.15, -0.1) is 0 Å². The Labute approximate surface area is 551 Å². The lowest BCUT2D eigenvalue weighted by Crippen LogP contribution is -2.41. The van der Waals surface area contributed by atoms with E-state index in [2.05, 4.69) is 340 Å². The number of hydrogen-bond donors (Lipinski definition) is 0. The third kappa shape index (κ3) is 11.0. The zero-order valence-electron chi connectivity index (χ0n) is 57.2. The zero-order chi connectivity index (χ0) is 65.3. The summed E-state index contributed by atoms with van der Waals surface area (Å²) in [5.74, 6) is 0. The van der Waals surface area contributed by atoms with Gasteiger partial charge in [-0.25, -0.2) is 0 Å². The van der Waals surface area contributed by atoms with E-state index < -0.39 is 18.3 Å². The van der Waals surface area contributed by atoms with Crippen LogP contribution < -0.4 is 5.46 Å². The Hall–Kier alpha value is -9.00. The molecule has 0 saturated carbocycles. The van der Waals surface area contributed by atoms with Crippen molar-refractivity contribution in [3.8, 4) is 83.6 Å². The molecule has 14 rings (SSSR count). The largest absolute Gasteiger partial charge is 0.494 e. The SMILES string of the molecule is CC(C)(C)c1ccc(-c2c(-c3ccc(B4OC(C)(C)C(C)(C)O4)cc3)c(-c3ccc(-n4c5ccccc5c5cc(-c6cccc7c6oc6ccccc67)ccc54)cc3)c(-c3ccc(C(C)(C)C)cc3)c(-c3ccc(C(C)(C)C)cc3)c2-c2ccc(C(C)(C)C)cc2)cc1. The van der Waals surface area contributed by atoms with E-state index in [9.17, 15) is 0 Å². The minimum absolute atomic E-state index is 0.0522. The summed E-state index contributed by atoms with van der Waals surface area (Å²) in [6, 6.07) is 87.1. The van der Waals surface area contributed by atoms with Crippen LogP contribution in [-0.4, -0.2) is 22.9 Å². The Morgan fingerprint density at radius 1 is 0.312 bits per heavy atom. The van der Waals surface area contributed by atoms with Crippen LogP contribution in [0.15, 0.2) is 235 Å². The van der Waals surface area contributed by atoms with Crippen LogP contribution in [0.4, 0.5) is 0 Å². The Morgan fingerprint density at radius 3 is 1.08 bits per heavy atom. The van der Waals surface area contributed by atoms with Crippen molar-refractivity contribution in [3.63, 3.8) is 0 Å². The highest BCUT2D eigenvalue weighted by atomic mass is 16.7. The van der Waals surface area contributed by atoms with Gasteiger partial charge in [0.2, 0.25) is 0 Å². The van der Waals surface area contributed by atoms with E-state index in [0.717, 1.165) is 99.8 Å². The molecule has 5 heteroatoms. The molecule has 2 aromatic heterocycles. The molecule has 1 aliphatic heterocycles. The third-order valence-electron chi connectivity index (χ3n) is 20.2. The summed E-state index contributed by atoms with van der Waals surface area (Å²) >= 11 is 0. The Balaban J connectivity index is 1.08. The van der Waals surface area contributed by atoms with Gasteiger partial charge in [0.1, 0.15) is 11.2 Å². The molecule has 0 aliphatic carbocycles. The van der Waals surface area contributed by atoms with Gasteiger partial charge in [-0.1, -0.05) is 277 Å². The van der Waals surface area contributed by atoms with Crippen molar-refractivity contribution in [2.75, 3.05) is 0 Å². The van der Waals surface area contributed by atoms with E-state index in [-0.39, 0.29) is 21.7 Å². The number of para-hydroxylation sites is 3. The Bertz CT molecular complexity index is 4980. The maximum atomic E-state index is 6.75. The molecule has 13 aromatic rings. The van der Waals surface area contributed by atoms with Crippen LogP contribution >= 0.6 is 0 Å². The van der Waals surface area contributed by atoms with Crippen LogP contribution in [0, 0.1) is 0 Å². The number of furan rings is 1. The lowest BCUT2D eigenvalue weighted by Gasteiger charge is -2.32. The van der Waals surface area contributed by atoms with Crippen molar-refractivity contribution >= 4 is 56.3 Å². The molecule has 3 heterocycles. The van der Waals surface area contributed by atoms with E-state index in [0.29, 0.717) is 0 Å². The second-order valence-corrected chi connectivity index (χ2v) is 31.2. The fourth-order valence-corrected chi connectivity index (χ4v) is 14.0. The molecule has 1 saturated heterocycles. The zero-order valence-corrected chi connectivity index (χ0v) is 57.2. The van der Waals surface area contributed by atoms with E-state index in [1.165, 1.54) is 55.3 Å². The monoisotopic (exact) mass is 1220 g/mol. The van der Waals surface area contributed by atoms with E-state index in [1.807, 2.05) is 6.07 Å². The van der Waals surface area contributed by atoms with Gasteiger partial charge in [0.05, 0.1) is 22.2 Å². The van der Waals surface area contributed by atoms with Gasteiger partial charge < -0.3 is 18.3 Å².